The van der Waals surface area contributed by atoms with E-state index in [2.05, 4.69) is 76.6 Å². The van der Waals surface area contributed by atoms with Crippen molar-refractivity contribution >= 4 is 44.7 Å². The zero-order valence-electron chi connectivity index (χ0n) is 30.8. The summed E-state index contributed by atoms with van der Waals surface area (Å²) in [7, 11) is -3.38. The third-order valence-corrected chi connectivity index (χ3v) is 17.2. The summed E-state index contributed by atoms with van der Waals surface area (Å²) in [4.78, 5) is 7.28. The quantitative estimate of drug-likeness (QED) is 0.158. The fraction of sp³-hybridized carbons (Fsp3) is 0.622. The van der Waals surface area contributed by atoms with Gasteiger partial charge in [0, 0.05) is 39.0 Å². The van der Waals surface area contributed by atoms with Crippen LogP contribution < -0.4 is 9.64 Å². The van der Waals surface area contributed by atoms with Crippen LogP contribution in [0.4, 0.5) is 5.69 Å². The van der Waals surface area contributed by atoms with Crippen molar-refractivity contribution in [3.8, 4) is 23.2 Å². The fourth-order valence-electron chi connectivity index (χ4n) is 6.59. The van der Waals surface area contributed by atoms with Crippen molar-refractivity contribution in [2.45, 2.75) is 115 Å². The van der Waals surface area contributed by atoms with Crippen molar-refractivity contribution in [1.82, 2.24) is 9.55 Å². The van der Waals surface area contributed by atoms with Gasteiger partial charge >= 0.3 is 0 Å². The molecule has 3 aliphatic heterocycles. The number of pyridine rings is 1. The molecule has 0 radical (unpaired) electrons. The average molecular weight is 741 g/mol. The maximum Gasteiger partial charge on any atom is 0.217 e. The first-order chi connectivity index (χ1) is 23.6. The van der Waals surface area contributed by atoms with Crippen LogP contribution in [0.15, 0.2) is 30.3 Å². The SMILES string of the molecule is CC(C)(C)[Si](C)(C)OC1CO[C@H]2[C@@H]1OC[C@H]2Oc1c(C#N)c2nc(-c3ccc(N4CCC(O)CC4)cc3)c(Cl)cc2n1COCC[Si](C)(C)C. The van der Waals surface area contributed by atoms with Crippen molar-refractivity contribution in [3.63, 3.8) is 0 Å². The molecule has 0 aliphatic carbocycles. The Labute approximate surface area is 303 Å². The lowest BCUT2D eigenvalue weighted by Crippen LogP contribution is -2.47. The molecule has 0 amide bonds. The number of benzene rings is 1. The largest absolute Gasteiger partial charge is 0.469 e. The lowest BCUT2D eigenvalue weighted by atomic mass is 10.1. The summed E-state index contributed by atoms with van der Waals surface area (Å²) < 4.78 is 34.1. The highest BCUT2D eigenvalue weighted by Crippen LogP contribution is 2.42. The molecule has 1 N–H and O–H groups in total. The first kappa shape index (κ1) is 37.3. The Hall–Kier alpha value is -2.48. The maximum atomic E-state index is 10.6. The second-order valence-corrected chi connectivity index (χ2v) is 27.5. The number of rotatable bonds is 11. The number of ether oxygens (including phenoxy) is 4. The number of halogens is 1. The Bertz CT molecular complexity index is 1710. The summed E-state index contributed by atoms with van der Waals surface area (Å²) in [5, 5.41) is 21.0. The highest BCUT2D eigenvalue weighted by molar-refractivity contribution is 6.76. The standard InChI is InChI=1S/C37H53ClN4O6Si2/c1-37(2,3)50(7,8)48-31-22-46-34-30(21-45-35(31)34)47-36-27(20-39)33-29(42(36)23-44-17-18-49(4,5)6)19-28(38)32(40-33)24-9-11-25(12-10-24)41-15-13-26(43)14-16-41/h9-12,19,26,30-31,34-35,43H,13-18,21-23H2,1-8H3/t30-,31?,34-,35-/m1/s1. The maximum absolute atomic E-state index is 10.6. The Morgan fingerprint density at radius 2 is 1.66 bits per heavy atom. The molecule has 4 atom stereocenters. The average Bonchev–Trinajstić information content (AvgIpc) is 3.71. The van der Waals surface area contributed by atoms with Crippen LogP contribution in [-0.4, -0.2) is 94.5 Å². The Morgan fingerprint density at radius 3 is 2.28 bits per heavy atom. The lowest BCUT2D eigenvalue weighted by Gasteiger charge is -2.39. The zero-order chi connectivity index (χ0) is 36.0. The highest BCUT2D eigenvalue weighted by Gasteiger charge is 2.52. The summed E-state index contributed by atoms with van der Waals surface area (Å²) in [5.41, 5.74) is 4.04. The van der Waals surface area contributed by atoms with Crippen LogP contribution in [0.1, 0.15) is 39.2 Å². The molecular weight excluding hydrogens is 688 g/mol. The van der Waals surface area contributed by atoms with E-state index in [4.69, 9.17) is 40.0 Å². The van der Waals surface area contributed by atoms with Gasteiger partial charge in [0.1, 0.15) is 36.1 Å². The van der Waals surface area contributed by atoms with Crippen LogP contribution >= 0.6 is 11.6 Å². The molecule has 13 heteroatoms. The molecule has 0 saturated carbocycles. The summed E-state index contributed by atoms with van der Waals surface area (Å²) in [6, 6.07) is 13.4. The lowest BCUT2D eigenvalue weighted by molar-refractivity contribution is 0.00849. The van der Waals surface area contributed by atoms with Gasteiger partial charge in [-0.05, 0) is 55.2 Å². The summed E-state index contributed by atoms with van der Waals surface area (Å²) in [6.45, 7) is 21.3. The molecule has 0 bridgehead atoms. The van der Waals surface area contributed by atoms with Gasteiger partial charge in [-0.25, -0.2) is 4.98 Å². The van der Waals surface area contributed by atoms with E-state index >= 15 is 0 Å². The number of hydrogen-bond acceptors (Lipinski definition) is 9. The van der Waals surface area contributed by atoms with Crippen molar-refractivity contribution in [1.29, 1.82) is 5.26 Å². The van der Waals surface area contributed by atoms with E-state index in [-0.39, 0.29) is 36.2 Å². The monoisotopic (exact) mass is 740 g/mol. The molecule has 1 unspecified atom stereocenters. The number of hydrogen-bond donors (Lipinski definition) is 1. The number of aliphatic hydroxyl groups is 1. The molecule has 3 aromatic rings. The molecule has 6 rings (SSSR count). The van der Waals surface area contributed by atoms with E-state index < -0.39 is 22.5 Å². The van der Waals surface area contributed by atoms with Crippen LogP contribution in [-0.2, 0) is 25.4 Å². The number of nitriles is 1. The first-order valence-electron chi connectivity index (χ1n) is 17.9. The summed E-state index contributed by atoms with van der Waals surface area (Å²) in [6.07, 6.45) is 0.107. The molecular formula is C37H53ClN4O6Si2. The van der Waals surface area contributed by atoms with Gasteiger partial charge in [0.15, 0.2) is 14.4 Å². The van der Waals surface area contributed by atoms with Gasteiger partial charge in [-0.1, -0.05) is 64.1 Å². The minimum atomic E-state index is -2.05. The molecule has 272 valence electrons. The molecule has 3 aliphatic rings. The van der Waals surface area contributed by atoms with Gasteiger partial charge in [-0.2, -0.15) is 5.26 Å². The van der Waals surface area contributed by atoms with Crippen LogP contribution in [0, 0.1) is 11.3 Å². The third kappa shape index (κ3) is 7.81. The number of aromatic nitrogens is 2. The Balaban J connectivity index is 1.30. The number of piperidine rings is 1. The topological polar surface area (TPSA) is 111 Å². The summed E-state index contributed by atoms with van der Waals surface area (Å²) >= 11 is 6.96. The van der Waals surface area contributed by atoms with Crippen molar-refractivity contribution < 1.29 is 28.5 Å². The van der Waals surface area contributed by atoms with Gasteiger partial charge in [-0.15, -0.1) is 0 Å². The normalized spacial score (nSPS) is 23.4. The molecule has 1 aromatic carbocycles. The Morgan fingerprint density at radius 1 is 1.02 bits per heavy atom. The first-order valence-corrected chi connectivity index (χ1v) is 24.9. The number of nitrogens with zero attached hydrogens (tertiary/aromatic N) is 4. The number of fused-ring (bicyclic) bond motifs is 2. The van der Waals surface area contributed by atoms with Gasteiger partial charge in [0.2, 0.25) is 5.88 Å². The van der Waals surface area contributed by atoms with E-state index in [0.29, 0.717) is 53.0 Å². The molecule has 10 nitrogen and oxygen atoms in total. The molecule has 0 spiro atoms. The van der Waals surface area contributed by atoms with E-state index in [1.165, 1.54) is 0 Å². The van der Waals surface area contributed by atoms with Crippen molar-refractivity contribution in [2.75, 3.05) is 37.8 Å². The summed E-state index contributed by atoms with van der Waals surface area (Å²) in [5.74, 6) is 0.380. The van der Waals surface area contributed by atoms with Crippen molar-refractivity contribution in [3.05, 3.63) is 40.9 Å². The van der Waals surface area contributed by atoms with Crippen molar-refractivity contribution in [2.24, 2.45) is 0 Å². The third-order valence-electron chi connectivity index (χ3n) is 10.7. The Kier molecular flexibility index (Phi) is 10.8. The van der Waals surface area contributed by atoms with Gasteiger partial charge < -0.3 is 33.4 Å². The molecule has 2 aromatic heterocycles. The molecule has 50 heavy (non-hydrogen) atoms. The predicted octanol–water partition coefficient (Wildman–Crippen LogP) is 7.44. The minimum Gasteiger partial charge on any atom is -0.469 e. The fourth-order valence-corrected chi connectivity index (χ4v) is 8.91. The van der Waals surface area contributed by atoms with Crippen LogP contribution in [0.3, 0.4) is 0 Å². The molecule has 5 heterocycles. The number of aliphatic hydroxyl groups excluding tert-OH is 1. The molecule has 3 saturated heterocycles. The van der Waals surface area contributed by atoms with Crippen LogP contribution in [0.5, 0.6) is 5.88 Å². The van der Waals surface area contributed by atoms with E-state index in [1.54, 1.807) is 0 Å². The predicted molar refractivity (Wildman–Crippen MR) is 202 cm³/mol. The smallest absolute Gasteiger partial charge is 0.217 e. The van der Waals surface area contributed by atoms with E-state index in [9.17, 15) is 10.4 Å². The van der Waals surface area contributed by atoms with E-state index in [0.717, 1.165) is 43.2 Å². The van der Waals surface area contributed by atoms with Gasteiger partial charge in [0.05, 0.1) is 41.7 Å². The minimum absolute atomic E-state index is 0.0602. The zero-order valence-corrected chi connectivity index (χ0v) is 33.5. The second kappa shape index (κ2) is 14.5. The van der Waals surface area contributed by atoms with Gasteiger partial charge in [0.25, 0.3) is 0 Å². The highest BCUT2D eigenvalue weighted by atomic mass is 35.5. The van der Waals surface area contributed by atoms with E-state index in [1.807, 2.05) is 22.8 Å². The number of anilines is 1. The van der Waals surface area contributed by atoms with Gasteiger partial charge in [-0.3, -0.25) is 4.57 Å². The second-order valence-electron chi connectivity index (χ2n) is 16.7. The molecule has 3 fully saturated rings. The van der Waals surface area contributed by atoms with Crippen LogP contribution in [0.2, 0.25) is 48.8 Å². The van der Waals surface area contributed by atoms with Crippen LogP contribution in [0.25, 0.3) is 22.3 Å².